The summed E-state index contributed by atoms with van der Waals surface area (Å²) in [6.45, 7) is 27.2. The molecule has 0 bridgehead atoms. The first kappa shape index (κ1) is 98.6. The quantitative estimate of drug-likeness (QED) is 0.116. The van der Waals surface area contributed by atoms with Crippen molar-refractivity contribution in [2.45, 2.75) is 306 Å². The molecule has 0 amide bonds. The molecule has 0 spiro atoms. The molecule has 0 aliphatic heterocycles. The molecule has 39 radical (unpaired) electrons. The molecule has 12 rings (SSSR count). The second-order valence-electron chi connectivity index (χ2n) is 40.7. The zero-order valence-corrected chi connectivity index (χ0v) is 70.4. The number of ketones is 1. The van der Waals surface area contributed by atoms with Gasteiger partial charge in [-0.15, -0.1) is 0 Å². The summed E-state index contributed by atoms with van der Waals surface area (Å²) in [7, 11) is 109. The van der Waals surface area contributed by atoms with Gasteiger partial charge in [-0.05, 0) is 344 Å². The van der Waals surface area contributed by atoms with Gasteiger partial charge in [-0.25, -0.2) is 0 Å². The molecule has 0 saturated heterocycles. The van der Waals surface area contributed by atoms with E-state index in [2.05, 4.69) is 75.3 Å². The molecule has 12 saturated carbocycles. The van der Waals surface area contributed by atoms with Gasteiger partial charge in [0.05, 0.1) is 22.9 Å². The highest BCUT2D eigenvalue weighted by molar-refractivity contribution is 8.17. The Hall–Kier alpha value is 1.52. The summed E-state index contributed by atoms with van der Waals surface area (Å²) in [6.07, 6.45) is 29.5. The third-order valence-corrected chi connectivity index (χ3v) is 35.3. The highest BCUT2D eigenvalue weighted by Gasteiger charge is 2.66. The van der Waals surface area contributed by atoms with Crippen LogP contribution in [0, 0.1) is 115 Å². The van der Waals surface area contributed by atoms with Gasteiger partial charge in [-0.2, -0.15) is 0 Å². The molecule has 110 heavy (non-hydrogen) atoms. The number of aliphatic hydroxyl groups excluding tert-OH is 1. The van der Waals surface area contributed by atoms with Gasteiger partial charge >= 0.3 is 0 Å². The van der Waals surface area contributed by atoms with Crippen molar-refractivity contribution in [3.8, 4) is 0 Å². The summed E-state index contributed by atoms with van der Waals surface area (Å²) >= 11 is 0. The van der Waals surface area contributed by atoms with Crippen molar-refractivity contribution >= 4 is 256 Å². The van der Waals surface area contributed by atoms with Crippen LogP contribution < -0.4 is 0 Å². The maximum absolute atomic E-state index is 12.3. The summed E-state index contributed by atoms with van der Waals surface area (Å²) in [5.41, 5.74) is 3.18. The van der Waals surface area contributed by atoms with E-state index in [1.807, 2.05) is 13.8 Å². The Labute approximate surface area is 708 Å². The number of hydrogen-bond donors (Lipinski definition) is 4. The van der Waals surface area contributed by atoms with Gasteiger partial charge in [-0.3, -0.25) is 4.79 Å². The van der Waals surface area contributed by atoms with Crippen molar-refractivity contribution in [1.82, 2.24) is 0 Å². The molecule has 535 valence electrons. The normalized spacial score (nSPS) is 40.5. The van der Waals surface area contributed by atoms with E-state index in [1.165, 1.54) is 155 Å². The number of aliphatic hydroxyl groups is 4. The smallest absolute Gasteiger partial charge is 0.133 e. The highest BCUT2D eigenvalue weighted by atomic mass is 16.3. The second kappa shape index (κ2) is 39.4. The standard InChI is InChI=1S/C23H40O2.C23H38O2.C23H38O.CH4.B18.B17/c2*1-5-23-13-12-21(3,25)14-16(23)6-7-17-19-9-8-18(15(2)24)22(19,4)11-10-20(17)23;1-5-16-8-10-19-18-9-7-17-15-21(3,24)13-14-23(17,6-2)20(18)11-12-22(16,19)4;;1-11(2)16(12(3)4)18(15(9)10)17(13(5)6)14(7)8;1-10-15(11(2)3)17(14(8)9)16(12(4)5)13(6)7/h15-20,24-25H,5-14H2,1-4H3;16-20,25H,5-14H2,1-4H3;5,17-20,24H,6-15H2,1-4H3;1H4;;/t15?,16-,17+,18-,19+,20+,21?,22-,23+;16-,17+,18-,19+,20+,21-,22-,23+;17-,18+,19+,20+,21?,22-,23+;;;/m111.../s1. The van der Waals surface area contributed by atoms with E-state index in [0.717, 1.165) is 116 Å². The first-order valence-electron chi connectivity index (χ1n) is 43.8. The lowest BCUT2D eigenvalue weighted by Gasteiger charge is -2.63. The fraction of sp³-hybridized carbons (Fsp3) is 0.957. The number of hydrogen-bond acceptors (Lipinski definition) is 5. The molecule has 0 aromatic heterocycles. The molecule has 3 unspecified atom stereocenters. The van der Waals surface area contributed by atoms with Gasteiger partial charge < -0.3 is 20.4 Å². The number of carbonyl (C=O) groups is 1. The predicted molar refractivity (Wildman–Crippen MR) is 512 cm³/mol. The lowest BCUT2D eigenvalue weighted by Crippen LogP contribution is -2.78. The van der Waals surface area contributed by atoms with Gasteiger partial charge in [0, 0.05) is 256 Å². The fourth-order valence-corrected chi connectivity index (χ4v) is 30.0. The zero-order valence-electron chi connectivity index (χ0n) is 70.4. The van der Waals surface area contributed by atoms with Crippen molar-refractivity contribution in [3.05, 3.63) is 11.6 Å². The van der Waals surface area contributed by atoms with E-state index < -0.39 is 113 Å². The molecule has 4 N–H and O–H groups in total. The van der Waals surface area contributed by atoms with E-state index in [-0.39, 0.29) is 18.9 Å². The van der Waals surface area contributed by atoms with Crippen LogP contribution in [0.15, 0.2) is 11.6 Å². The minimum Gasteiger partial charge on any atom is -0.393 e. The molecule has 40 heteroatoms. The average molecular weight is 1420 g/mol. The number of Topliss-reactive ketones (excluding diaryl/α,β-unsaturated/α-hetero) is 1. The molecule has 0 aromatic rings. The Morgan fingerprint density at radius 1 is 0.427 bits per heavy atom. The molecule has 12 aliphatic carbocycles. The Balaban J connectivity index is 0.000000193. The van der Waals surface area contributed by atoms with E-state index >= 15 is 0 Å². The molecule has 24 atom stereocenters. The summed E-state index contributed by atoms with van der Waals surface area (Å²) in [5, 5.41) is 42.4. The lowest BCUT2D eigenvalue weighted by molar-refractivity contribution is -0.158. The molecular formula is C70H120B35O5. The minimum atomic E-state index is -0.853. The number of fused-ring (bicyclic) bond motifs is 15. The third-order valence-electron chi connectivity index (χ3n) is 35.3. The summed E-state index contributed by atoms with van der Waals surface area (Å²) in [6, 6.07) is 0. The Bertz CT molecular complexity index is 2900. The highest BCUT2D eigenvalue weighted by Crippen LogP contribution is 2.73. The Kier molecular flexibility index (Phi) is 35.3. The van der Waals surface area contributed by atoms with Crippen molar-refractivity contribution < 1.29 is 25.2 Å². The van der Waals surface area contributed by atoms with Crippen LogP contribution in [0.3, 0.4) is 0 Å². The molecule has 0 heterocycles. The van der Waals surface area contributed by atoms with Gasteiger partial charge in [-0.1, -0.05) is 60.6 Å². The summed E-state index contributed by atoms with van der Waals surface area (Å²) < 4.78 is 0. The van der Waals surface area contributed by atoms with Crippen molar-refractivity contribution in [2.24, 2.45) is 115 Å². The maximum Gasteiger partial charge on any atom is 0.133 e. The molecule has 0 aromatic carbocycles. The lowest BCUT2D eigenvalue weighted by atomic mass is 8.41. The Morgan fingerprint density at radius 2 is 0.764 bits per heavy atom. The van der Waals surface area contributed by atoms with Crippen LogP contribution in [-0.4, -0.2) is 299 Å². The van der Waals surface area contributed by atoms with Crippen LogP contribution in [0.1, 0.15) is 283 Å². The van der Waals surface area contributed by atoms with Gasteiger partial charge in [0.25, 0.3) is 0 Å². The van der Waals surface area contributed by atoms with Gasteiger partial charge in [0.2, 0.25) is 0 Å². The minimum absolute atomic E-state index is 0. The zero-order chi connectivity index (χ0) is 81.6. The predicted octanol–water partition coefficient (Wildman–Crippen LogP) is 3.97. The largest absolute Gasteiger partial charge is 0.393 e. The average Bonchev–Trinajstić information content (AvgIpc) is 1.36. The topological polar surface area (TPSA) is 98.0 Å². The maximum atomic E-state index is 12.3. The van der Waals surface area contributed by atoms with Crippen LogP contribution in [0.4, 0.5) is 0 Å². The number of rotatable bonds is 19. The molecule has 12 aliphatic rings. The van der Waals surface area contributed by atoms with Crippen LogP contribution >= 0.6 is 0 Å². The molecular weight excluding hydrogens is 1300 g/mol. The monoisotopic (exact) mass is 1430 g/mol. The summed E-state index contributed by atoms with van der Waals surface area (Å²) in [5.74, 6) is 11.4. The van der Waals surface area contributed by atoms with E-state index in [9.17, 15) is 25.2 Å². The first-order chi connectivity index (χ1) is 50.7. The van der Waals surface area contributed by atoms with Crippen molar-refractivity contribution in [1.29, 1.82) is 0 Å². The summed E-state index contributed by atoms with van der Waals surface area (Å²) in [4.78, 5) is 12.3. The van der Waals surface area contributed by atoms with Crippen molar-refractivity contribution in [3.63, 3.8) is 0 Å². The van der Waals surface area contributed by atoms with E-state index in [0.29, 0.717) is 44.7 Å². The van der Waals surface area contributed by atoms with E-state index in [1.54, 1.807) is 5.57 Å². The SMILES string of the molecule is C.CC=C1CC[C@H]2[C@@H]3CC[C@@H]4CC(C)(O)CC[C@]4(CC)[C@H]3CC[C@]12C.CC[C@]12CCC(C)(O)C[C@H]1CC[C@H]1[C@@H]3CC[C@H](C(C)O)[C@@]3(C)CC[C@@H]12.CC[C@]12CC[C@@](C)(O)C[C@H]1CC[C@H]1[C@@H]3CC[C@H](C(C)=O)[C@@]3(C)CC[C@@H]12.[B]B([B])B(B([B])[B])B(B([B])[B])B(B([B])[B])B([B])[B].[B][B]B(B([B])[B])B(B([B])[B])B(B([B])[B])B([B])[B]. The first-order valence-corrected chi connectivity index (χ1v) is 43.8. The van der Waals surface area contributed by atoms with Gasteiger partial charge in [0.15, 0.2) is 0 Å². The van der Waals surface area contributed by atoms with Crippen molar-refractivity contribution in [2.75, 3.05) is 0 Å². The molecule has 12 fully saturated rings. The Morgan fingerprint density at radius 3 is 1.09 bits per heavy atom. The van der Waals surface area contributed by atoms with Crippen LogP contribution in [0.2, 0.25) is 0 Å². The van der Waals surface area contributed by atoms with Crippen LogP contribution in [0.25, 0.3) is 0 Å². The number of carbonyl (C=O) groups excluding carboxylic acids is 1. The van der Waals surface area contributed by atoms with Crippen LogP contribution in [0.5, 0.6) is 0 Å². The number of allylic oxidation sites excluding steroid dienone is 2. The molecule has 5 nitrogen and oxygen atoms in total. The third kappa shape index (κ3) is 19.9. The van der Waals surface area contributed by atoms with Crippen LogP contribution in [-0.2, 0) is 4.79 Å². The van der Waals surface area contributed by atoms with Gasteiger partial charge in [0.1, 0.15) is 5.78 Å². The van der Waals surface area contributed by atoms with E-state index in [4.69, 9.17) is 147 Å². The fourth-order valence-electron chi connectivity index (χ4n) is 30.0. The second-order valence-corrected chi connectivity index (χ2v) is 40.7.